The summed E-state index contributed by atoms with van der Waals surface area (Å²) in [6, 6.07) is 6.54. The summed E-state index contributed by atoms with van der Waals surface area (Å²) in [5.74, 6) is -0.242. The highest BCUT2D eigenvalue weighted by Gasteiger charge is 2.11. The van der Waals surface area contributed by atoms with E-state index in [0.717, 1.165) is 16.8 Å². The Bertz CT molecular complexity index is 532. The number of hydrogen-bond donors (Lipinski definition) is 1. The van der Waals surface area contributed by atoms with E-state index < -0.39 is 0 Å². The van der Waals surface area contributed by atoms with Gasteiger partial charge >= 0.3 is 0 Å². The molecule has 0 radical (unpaired) electrons. The monoisotopic (exact) mass is 249 g/mol. The summed E-state index contributed by atoms with van der Waals surface area (Å²) in [5.41, 5.74) is 2.66. The first kappa shape index (κ1) is 12.8. The molecule has 0 bridgehead atoms. The van der Waals surface area contributed by atoms with E-state index in [4.69, 9.17) is 9.84 Å². The Morgan fingerprint density at radius 1 is 1.39 bits per heavy atom. The summed E-state index contributed by atoms with van der Waals surface area (Å²) < 4.78 is 20.1. The summed E-state index contributed by atoms with van der Waals surface area (Å²) in [4.78, 5) is 0. The van der Waals surface area contributed by atoms with Gasteiger partial charge in [0.15, 0.2) is 0 Å². The molecule has 1 atom stereocenters. The Kier molecular flexibility index (Phi) is 3.79. The normalized spacial score (nSPS) is 12.7. The molecular formula is C14H16FNO2. The second-order valence-electron chi connectivity index (χ2n) is 4.19. The fraction of sp³-hybridized carbons (Fsp3) is 0.286. The number of aromatic nitrogens is 1. The lowest BCUT2D eigenvalue weighted by atomic mass is 10.2. The van der Waals surface area contributed by atoms with Crippen LogP contribution < -0.4 is 0 Å². The molecule has 1 unspecified atom stereocenters. The zero-order valence-electron chi connectivity index (χ0n) is 10.4. The summed E-state index contributed by atoms with van der Waals surface area (Å²) in [5, 5.41) is 9.17. The topological polar surface area (TPSA) is 34.4 Å². The van der Waals surface area contributed by atoms with Crippen LogP contribution in [0.1, 0.15) is 17.2 Å². The minimum Gasteiger partial charge on any atom is -0.393 e. The second-order valence-corrected chi connectivity index (χ2v) is 4.19. The van der Waals surface area contributed by atoms with E-state index in [0.29, 0.717) is 0 Å². The number of benzene rings is 1. The lowest BCUT2D eigenvalue weighted by Gasteiger charge is -2.10. The summed E-state index contributed by atoms with van der Waals surface area (Å²) in [6.45, 7) is 1.79. The quantitative estimate of drug-likeness (QED) is 0.903. The van der Waals surface area contributed by atoms with E-state index in [1.807, 2.05) is 30.0 Å². The van der Waals surface area contributed by atoms with Crippen molar-refractivity contribution >= 4 is 0 Å². The molecule has 18 heavy (non-hydrogen) atoms. The molecule has 0 aliphatic heterocycles. The molecule has 0 aliphatic rings. The molecule has 0 fully saturated rings. The fourth-order valence-electron chi connectivity index (χ4n) is 1.98. The van der Waals surface area contributed by atoms with Crippen LogP contribution in [0.5, 0.6) is 0 Å². The van der Waals surface area contributed by atoms with E-state index in [9.17, 15) is 4.39 Å². The Hall–Kier alpha value is -1.65. The van der Waals surface area contributed by atoms with E-state index in [2.05, 4.69) is 0 Å². The number of ether oxygens (including phenoxy) is 1. The lowest BCUT2D eigenvalue weighted by Crippen LogP contribution is -2.05. The zero-order chi connectivity index (χ0) is 13.1. The van der Waals surface area contributed by atoms with Crippen LogP contribution in [-0.4, -0.2) is 23.4 Å². The highest BCUT2D eigenvalue weighted by atomic mass is 19.1. The molecule has 0 spiro atoms. The maximum atomic E-state index is 13.0. The van der Waals surface area contributed by atoms with Gasteiger partial charge in [-0.1, -0.05) is 0 Å². The third-order valence-corrected chi connectivity index (χ3v) is 2.97. The number of hydrogen-bond acceptors (Lipinski definition) is 2. The van der Waals surface area contributed by atoms with Crippen LogP contribution >= 0.6 is 0 Å². The third-order valence-electron chi connectivity index (χ3n) is 2.97. The predicted octanol–water partition coefficient (Wildman–Crippen LogP) is 2.60. The zero-order valence-corrected chi connectivity index (χ0v) is 10.4. The smallest absolute Gasteiger partial charge is 0.123 e. The van der Waals surface area contributed by atoms with Gasteiger partial charge in [-0.2, -0.15) is 0 Å². The van der Waals surface area contributed by atoms with Crippen molar-refractivity contribution in [3.05, 3.63) is 53.6 Å². The van der Waals surface area contributed by atoms with Crippen LogP contribution in [0.2, 0.25) is 0 Å². The Morgan fingerprint density at radius 3 is 2.78 bits per heavy atom. The first-order chi connectivity index (χ1) is 8.65. The first-order valence-electron chi connectivity index (χ1n) is 5.73. The molecule has 0 amide bonds. The second kappa shape index (κ2) is 5.33. The van der Waals surface area contributed by atoms with E-state index in [1.165, 1.54) is 12.1 Å². The molecule has 0 saturated heterocycles. The van der Waals surface area contributed by atoms with E-state index in [-0.39, 0.29) is 18.5 Å². The molecule has 2 rings (SSSR count). The Morgan fingerprint density at radius 2 is 2.17 bits per heavy atom. The van der Waals surface area contributed by atoms with Gasteiger partial charge in [0.1, 0.15) is 11.9 Å². The van der Waals surface area contributed by atoms with Crippen molar-refractivity contribution in [1.29, 1.82) is 0 Å². The summed E-state index contributed by atoms with van der Waals surface area (Å²) in [6.07, 6.45) is 3.43. The SMILES string of the molecule is COC(CO)c1ccn(-c2ccc(F)cc2C)c1. The molecule has 4 heteroatoms. The van der Waals surface area contributed by atoms with Gasteiger partial charge in [-0.3, -0.25) is 0 Å². The highest BCUT2D eigenvalue weighted by molar-refractivity contribution is 5.41. The van der Waals surface area contributed by atoms with Crippen molar-refractivity contribution in [3.8, 4) is 5.69 Å². The van der Waals surface area contributed by atoms with Gasteiger partial charge in [-0.15, -0.1) is 0 Å². The van der Waals surface area contributed by atoms with Crippen molar-refractivity contribution < 1.29 is 14.2 Å². The van der Waals surface area contributed by atoms with Gasteiger partial charge in [0, 0.05) is 30.8 Å². The number of aliphatic hydroxyl groups is 1. The first-order valence-corrected chi connectivity index (χ1v) is 5.73. The predicted molar refractivity (Wildman–Crippen MR) is 67.3 cm³/mol. The number of methoxy groups -OCH3 is 1. The van der Waals surface area contributed by atoms with Crippen LogP contribution in [-0.2, 0) is 4.74 Å². The fourth-order valence-corrected chi connectivity index (χ4v) is 1.98. The highest BCUT2D eigenvalue weighted by Crippen LogP contribution is 2.21. The molecule has 1 heterocycles. The maximum absolute atomic E-state index is 13.0. The van der Waals surface area contributed by atoms with Crippen molar-refractivity contribution in [2.24, 2.45) is 0 Å². The summed E-state index contributed by atoms with van der Waals surface area (Å²) >= 11 is 0. The van der Waals surface area contributed by atoms with Gasteiger partial charge in [0.2, 0.25) is 0 Å². The standard InChI is InChI=1S/C14H16FNO2/c1-10-7-12(15)3-4-13(10)16-6-5-11(8-16)14(9-17)18-2/h3-8,14,17H,9H2,1-2H3. The van der Waals surface area contributed by atoms with E-state index >= 15 is 0 Å². The number of aliphatic hydroxyl groups excluding tert-OH is 1. The van der Waals surface area contributed by atoms with Gasteiger partial charge in [0.05, 0.1) is 6.61 Å². The molecular weight excluding hydrogens is 233 g/mol. The Labute approximate surface area is 105 Å². The minimum absolute atomic E-state index is 0.0666. The number of halogens is 1. The summed E-state index contributed by atoms with van der Waals surface area (Å²) in [7, 11) is 1.56. The van der Waals surface area contributed by atoms with Gasteiger partial charge in [-0.25, -0.2) is 4.39 Å². The molecule has 0 saturated carbocycles. The van der Waals surface area contributed by atoms with Crippen LogP contribution in [0.25, 0.3) is 5.69 Å². The largest absolute Gasteiger partial charge is 0.393 e. The number of rotatable bonds is 4. The van der Waals surface area contributed by atoms with Gasteiger partial charge < -0.3 is 14.4 Å². The van der Waals surface area contributed by atoms with E-state index in [1.54, 1.807) is 13.2 Å². The molecule has 1 aromatic carbocycles. The number of aryl methyl sites for hydroxylation is 1. The molecule has 0 aliphatic carbocycles. The van der Waals surface area contributed by atoms with Crippen LogP contribution in [0, 0.1) is 12.7 Å². The van der Waals surface area contributed by atoms with Crippen molar-refractivity contribution in [2.45, 2.75) is 13.0 Å². The van der Waals surface area contributed by atoms with Crippen molar-refractivity contribution in [3.63, 3.8) is 0 Å². The molecule has 3 nitrogen and oxygen atoms in total. The molecule has 2 aromatic rings. The maximum Gasteiger partial charge on any atom is 0.123 e. The van der Waals surface area contributed by atoms with Crippen LogP contribution in [0.4, 0.5) is 4.39 Å². The molecule has 96 valence electrons. The molecule has 1 aromatic heterocycles. The minimum atomic E-state index is -0.327. The van der Waals surface area contributed by atoms with Crippen LogP contribution in [0.15, 0.2) is 36.7 Å². The number of nitrogens with zero attached hydrogens (tertiary/aromatic N) is 1. The van der Waals surface area contributed by atoms with Gasteiger partial charge in [-0.05, 0) is 36.8 Å². The Balaban J connectivity index is 2.34. The van der Waals surface area contributed by atoms with Crippen molar-refractivity contribution in [2.75, 3.05) is 13.7 Å². The molecule has 1 N–H and O–H groups in total. The van der Waals surface area contributed by atoms with Gasteiger partial charge in [0.25, 0.3) is 0 Å². The van der Waals surface area contributed by atoms with Crippen molar-refractivity contribution in [1.82, 2.24) is 4.57 Å². The average molecular weight is 249 g/mol. The third kappa shape index (κ3) is 2.44. The lowest BCUT2D eigenvalue weighted by molar-refractivity contribution is 0.0484. The van der Waals surface area contributed by atoms with Crippen LogP contribution in [0.3, 0.4) is 0 Å². The average Bonchev–Trinajstić information content (AvgIpc) is 2.80.